The Morgan fingerprint density at radius 3 is 2.50 bits per heavy atom. The summed E-state index contributed by atoms with van der Waals surface area (Å²) in [6.45, 7) is 5.03. The third-order valence-electron chi connectivity index (χ3n) is 3.02. The molecule has 0 aliphatic carbocycles. The third-order valence-corrected chi connectivity index (χ3v) is 3.02. The zero-order chi connectivity index (χ0) is 15.0. The highest BCUT2D eigenvalue weighted by Crippen LogP contribution is 2.28. The minimum absolute atomic E-state index is 0.106. The molecule has 3 N–H and O–H groups in total. The van der Waals surface area contributed by atoms with Crippen molar-refractivity contribution in [3.63, 3.8) is 0 Å². The Kier molecular flexibility index (Phi) is 6.65. The summed E-state index contributed by atoms with van der Waals surface area (Å²) in [4.78, 5) is 18.5. The summed E-state index contributed by atoms with van der Waals surface area (Å²) in [6.07, 6.45) is 2.83. The normalized spacial score (nSPS) is 11.9. The molecule has 1 aromatic rings. The van der Waals surface area contributed by atoms with E-state index in [9.17, 15) is 10.1 Å². The maximum absolute atomic E-state index is 11.2. The first-order chi connectivity index (χ1) is 9.63. The molecule has 20 heavy (non-hydrogen) atoms. The van der Waals surface area contributed by atoms with Crippen LogP contribution >= 0.6 is 0 Å². The van der Waals surface area contributed by atoms with Crippen molar-refractivity contribution in [2.24, 2.45) is 5.92 Å². The van der Waals surface area contributed by atoms with Crippen molar-refractivity contribution in [1.82, 2.24) is 9.97 Å². The standard InChI is InChI=1S/C12H21N5O3/c1-3-9(5-6-18)7-14-12-10(17(19)20)11(13-4-2)15-8-16-12/h8-9,18H,3-7H2,1-2H3,(H2,13,14,15,16). The number of hydrogen-bond donors (Lipinski definition) is 3. The molecule has 0 radical (unpaired) electrons. The molecule has 0 saturated carbocycles. The molecule has 1 rings (SSSR count). The number of aliphatic hydroxyl groups excluding tert-OH is 1. The molecule has 0 saturated heterocycles. The highest BCUT2D eigenvalue weighted by molar-refractivity contribution is 5.69. The van der Waals surface area contributed by atoms with Gasteiger partial charge in [-0.05, 0) is 19.3 Å². The molecule has 8 nitrogen and oxygen atoms in total. The summed E-state index contributed by atoms with van der Waals surface area (Å²) < 4.78 is 0. The SMILES string of the molecule is CCNc1ncnc(NCC(CC)CCO)c1[N+](=O)[O-]. The van der Waals surface area contributed by atoms with Crippen molar-refractivity contribution >= 4 is 17.3 Å². The largest absolute Gasteiger partial charge is 0.396 e. The van der Waals surface area contributed by atoms with Crippen LogP contribution in [0.3, 0.4) is 0 Å². The first-order valence-corrected chi connectivity index (χ1v) is 6.71. The van der Waals surface area contributed by atoms with Crippen LogP contribution in [0.1, 0.15) is 26.7 Å². The molecule has 1 heterocycles. The zero-order valence-electron chi connectivity index (χ0n) is 11.8. The number of aliphatic hydroxyl groups is 1. The molecule has 0 bridgehead atoms. The van der Waals surface area contributed by atoms with Crippen molar-refractivity contribution in [2.75, 3.05) is 30.3 Å². The average molecular weight is 283 g/mol. The van der Waals surface area contributed by atoms with Gasteiger partial charge >= 0.3 is 5.69 Å². The number of nitrogens with one attached hydrogen (secondary N) is 2. The molecule has 1 atom stereocenters. The van der Waals surface area contributed by atoms with E-state index in [4.69, 9.17) is 5.11 Å². The fourth-order valence-electron chi connectivity index (χ4n) is 1.85. The summed E-state index contributed by atoms with van der Waals surface area (Å²) in [5.74, 6) is 0.666. The maximum Gasteiger partial charge on any atom is 0.353 e. The van der Waals surface area contributed by atoms with Gasteiger partial charge in [0.2, 0.25) is 11.6 Å². The summed E-state index contributed by atoms with van der Waals surface area (Å²) >= 11 is 0. The number of anilines is 2. The number of nitrogens with zero attached hydrogens (tertiary/aromatic N) is 3. The lowest BCUT2D eigenvalue weighted by Crippen LogP contribution is -2.17. The second kappa shape index (κ2) is 8.26. The van der Waals surface area contributed by atoms with Gasteiger partial charge in [0.15, 0.2) is 0 Å². The predicted octanol–water partition coefficient (Wildman–Crippen LogP) is 1.64. The lowest BCUT2D eigenvalue weighted by molar-refractivity contribution is -0.383. The van der Waals surface area contributed by atoms with E-state index in [0.29, 0.717) is 19.5 Å². The fourth-order valence-corrected chi connectivity index (χ4v) is 1.85. The fraction of sp³-hybridized carbons (Fsp3) is 0.667. The summed E-state index contributed by atoms with van der Waals surface area (Å²) in [7, 11) is 0. The van der Waals surface area contributed by atoms with Crippen LogP contribution in [0, 0.1) is 16.0 Å². The van der Waals surface area contributed by atoms with Crippen LogP contribution in [0.4, 0.5) is 17.3 Å². The van der Waals surface area contributed by atoms with Gasteiger partial charge in [0.05, 0.1) is 4.92 Å². The lowest BCUT2D eigenvalue weighted by Gasteiger charge is -2.15. The van der Waals surface area contributed by atoms with Crippen molar-refractivity contribution in [3.05, 3.63) is 16.4 Å². The van der Waals surface area contributed by atoms with Crippen LogP contribution < -0.4 is 10.6 Å². The number of aromatic nitrogens is 2. The van der Waals surface area contributed by atoms with Gasteiger partial charge in [-0.3, -0.25) is 10.1 Å². The molecule has 8 heteroatoms. The molecule has 0 aromatic carbocycles. The second-order valence-corrected chi connectivity index (χ2v) is 4.37. The molecule has 0 fully saturated rings. The molecule has 0 spiro atoms. The Bertz CT molecular complexity index is 441. The van der Waals surface area contributed by atoms with Crippen molar-refractivity contribution in [2.45, 2.75) is 26.7 Å². The van der Waals surface area contributed by atoms with E-state index < -0.39 is 4.92 Å². The van der Waals surface area contributed by atoms with Crippen molar-refractivity contribution in [3.8, 4) is 0 Å². The summed E-state index contributed by atoms with van der Waals surface area (Å²) in [6, 6.07) is 0. The molecule has 0 aliphatic heterocycles. The van der Waals surface area contributed by atoms with Crippen LogP contribution in [0.2, 0.25) is 0 Å². The van der Waals surface area contributed by atoms with E-state index in [0.717, 1.165) is 6.42 Å². The van der Waals surface area contributed by atoms with E-state index in [1.807, 2.05) is 13.8 Å². The minimum atomic E-state index is -0.493. The van der Waals surface area contributed by atoms with Gasteiger partial charge in [-0.25, -0.2) is 9.97 Å². The van der Waals surface area contributed by atoms with Gasteiger partial charge in [-0.2, -0.15) is 0 Å². The van der Waals surface area contributed by atoms with Gasteiger partial charge in [-0.15, -0.1) is 0 Å². The monoisotopic (exact) mass is 283 g/mol. The second-order valence-electron chi connectivity index (χ2n) is 4.37. The van der Waals surface area contributed by atoms with Crippen LogP contribution in [0.5, 0.6) is 0 Å². The Morgan fingerprint density at radius 2 is 2.00 bits per heavy atom. The molecule has 112 valence electrons. The number of rotatable bonds is 9. The minimum Gasteiger partial charge on any atom is -0.396 e. The summed E-state index contributed by atoms with van der Waals surface area (Å²) in [5.41, 5.74) is -0.145. The van der Waals surface area contributed by atoms with Gasteiger partial charge in [-0.1, -0.05) is 13.3 Å². The third kappa shape index (κ3) is 4.30. The highest BCUT2D eigenvalue weighted by Gasteiger charge is 2.22. The molecular weight excluding hydrogens is 262 g/mol. The van der Waals surface area contributed by atoms with E-state index in [-0.39, 0.29) is 29.8 Å². The number of hydrogen-bond acceptors (Lipinski definition) is 7. The Labute approximate surface area is 117 Å². The molecular formula is C12H21N5O3. The summed E-state index contributed by atoms with van der Waals surface area (Å²) in [5, 5.41) is 26.0. The van der Waals surface area contributed by atoms with Gasteiger partial charge in [0.1, 0.15) is 6.33 Å². The van der Waals surface area contributed by atoms with Crippen LogP contribution in [0.25, 0.3) is 0 Å². The van der Waals surface area contributed by atoms with Gasteiger partial charge < -0.3 is 15.7 Å². The average Bonchev–Trinajstić information content (AvgIpc) is 2.43. The van der Waals surface area contributed by atoms with Crippen LogP contribution in [-0.4, -0.2) is 39.7 Å². The first-order valence-electron chi connectivity index (χ1n) is 6.71. The zero-order valence-corrected chi connectivity index (χ0v) is 11.8. The molecule has 0 amide bonds. The van der Waals surface area contributed by atoms with Crippen molar-refractivity contribution in [1.29, 1.82) is 0 Å². The molecule has 1 aromatic heterocycles. The Morgan fingerprint density at radius 1 is 1.35 bits per heavy atom. The lowest BCUT2D eigenvalue weighted by atomic mass is 10.0. The Balaban J connectivity index is 2.88. The Hall–Kier alpha value is -1.96. The first kappa shape index (κ1) is 16.1. The van der Waals surface area contributed by atoms with Crippen molar-refractivity contribution < 1.29 is 10.0 Å². The molecule has 0 aliphatic rings. The number of nitro groups is 1. The molecule has 1 unspecified atom stereocenters. The highest BCUT2D eigenvalue weighted by atomic mass is 16.6. The van der Waals surface area contributed by atoms with E-state index in [2.05, 4.69) is 20.6 Å². The van der Waals surface area contributed by atoms with E-state index >= 15 is 0 Å². The predicted molar refractivity (Wildman–Crippen MR) is 76.8 cm³/mol. The topological polar surface area (TPSA) is 113 Å². The van der Waals surface area contributed by atoms with Gasteiger partial charge in [0, 0.05) is 19.7 Å². The maximum atomic E-state index is 11.2. The van der Waals surface area contributed by atoms with E-state index in [1.54, 1.807) is 0 Å². The van der Waals surface area contributed by atoms with Crippen LogP contribution in [-0.2, 0) is 0 Å². The van der Waals surface area contributed by atoms with Crippen LogP contribution in [0.15, 0.2) is 6.33 Å². The van der Waals surface area contributed by atoms with Gasteiger partial charge in [0.25, 0.3) is 0 Å². The quantitative estimate of drug-likeness (QED) is 0.466. The smallest absolute Gasteiger partial charge is 0.353 e. The van der Waals surface area contributed by atoms with E-state index in [1.165, 1.54) is 6.33 Å².